The molecule has 0 aromatic heterocycles. The molecule has 5 heteroatoms. The SMILES string of the molecule is CC(C)[C@@H](CO)CC1COC(C)(C)N1C(=O)OC(C)(C)C. The van der Waals surface area contributed by atoms with E-state index in [1.165, 1.54) is 0 Å². The molecule has 0 aromatic rings. The minimum Gasteiger partial charge on any atom is -0.444 e. The molecule has 1 unspecified atom stereocenters. The number of aliphatic hydroxyl groups is 1. The van der Waals surface area contributed by atoms with Crippen LogP contribution in [0.3, 0.4) is 0 Å². The third kappa shape index (κ3) is 4.85. The third-order valence-corrected chi connectivity index (χ3v) is 3.92. The molecule has 0 saturated carbocycles. The average Bonchev–Trinajstić information content (AvgIpc) is 2.58. The minimum absolute atomic E-state index is 0.0607. The van der Waals surface area contributed by atoms with Crippen LogP contribution in [0.4, 0.5) is 4.79 Å². The van der Waals surface area contributed by atoms with Crippen LogP contribution in [0.1, 0.15) is 54.9 Å². The second-order valence-corrected chi connectivity index (χ2v) is 7.68. The van der Waals surface area contributed by atoms with Crippen LogP contribution in [-0.2, 0) is 9.47 Å². The highest BCUT2D eigenvalue weighted by molar-refractivity contribution is 5.69. The summed E-state index contributed by atoms with van der Waals surface area (Å²) in [5.74, 6) is 0.511. The van der Waals surface area contributed by atoms with Crippen LogP contribution in [0, 0.1) is 11.8 Å². The number of hydrogen-bond donors (Lipinski definition) is 1. The van der Waals surface area contributed by atoms with Crippen molar-refractivity contribution in [3.63, 3.8) is 0 Å². The zero-order valence-corrected chi connectivity index (χ0v) is 14.5. The summed E-state index contributed by atoms with van der Waals surface area (Å²) >= 11 is 0. The van der Waals surface area contributed by atoms with Crippen molar-refractivity contribution in [1.82, 2.24) is 4.90 Å². The van der Waals surface area contributed by atoms with Crippen LogP contribution < -0.4 is 0 Å². The number of carbonyl (C=O) groups excluding carboxylic acids is 1. The fourth-order valence-electron chi connectivity index (χ4n) is 2.64. The molecule has 1 aliphatic rings. The van der Waals surface area contributed by atoms with Gasteiger partial charge in [-0.1, -0.05) is 13.8 Å². The van der Waals surface area contributed by atoms with Crippen molar-refractivity contribution in [2.24, 2.45) is 11.8 Å². The lowest BCUT2D eigenvalue weighted by Gasteiger charge is -2.36. The predicted octanol–water partition coefficient (Wildman–Crippen LogP) is 3.01. The average molecular weight is 301 g/mol. The molecule has 21 heavy (non-hydrogen) atoms. The summed E-state index contributed by atoms with van der Waals surface area (Å²) in [4.78, 5) is 14.2. The van der Waals surface area contributed by atoms with E-state index in [0.717, 1.165) is 6.42 Å². The quantitative estimate of drug-likeness (QED) is 0.867. The molecule has 1 fully saturated rings. The van der Waals surface area contributed by atoms with E-state index in [-0.39, 0.29) is 24.7 Å². The van der Waals surface area contributed by atoms with Gasteiger partial charge in [-0.15, -0.1) is 0 Å². The highest BCUT2D eigenvalue weighted by Gasteiger charge is 2.46. The standard InChI is InChI=1S/C16H31NO4/c1-11(2)12(9-18)8-13-10-20-16(6,7)17(13)14(19)21-15(3,4)5/h11-13,18H,8-10H2,1-7H3/t12-,13?/m1/s1. The van der Waals surface area contributed by atoms with Crippen molar-refractivity contribution >= 4 is 6.09 Å². The van der Waals surface area contributed by atoms with Crippen molar-refractivity contribution in [2.75, 3.05) is 13.2 Å². The summed E-state index contributed by atoms with van der Waals surface area (Å²) in [6.07, 6.45) is 0.368. The highest BCUT2D eigenvalue weighted by atomic mass is 16.6. The number of amides is 1. The molecule has 0 spiro atoms. The van der Waals surface area contributed by atoms with E-state index in [4.69, 9.17) is 9.47 Å². The van der Waals surface area contributed by atoms with Gasteiger partial charge in [-0.25, -0.2) is 4.79 Å². The number of carbonyl (C=O) groups is 1. The van der Waals surface area contributed by atoms with E-state index in [0.29, 0.717) is 12.5 Å². The van der Waals surface area contributed by atoms with Gasteiger partial charge in [-0.3, -0.25) is 4.90 Å². The van der Waals surface area contributed by atoms with Gasteiger partial charge in [0.15, 0.2) is 0 Å². The van der Waals surface area contributed by atoms with Crippen LogP contribution in [0.15, 0.2) is 0 Å². The second-order valence-electron chi connectivity index (χ2n) is 7.68. The Bertz CT molecular complexity index is 360. The summed E-state index contributed by atoms with van der Waals surface area (Å²) in [7, 11) is 0. The lowest BCUT2D eigenvalue weighted by Crippen LogP contribution is -2.50. The first-order valence-electron chi connectivity index (χ1n) is 7.75. The molecule has 0 bridgehead atoms. The van der Waals surface area contributed by atoms with Gasteiger partial charge in [0.2, 0.25) is 0 Å². The summed E-state index contributed by atoms with van der Waals surface area (Å²) in [5.41, 5.74) is -1.21. The molecule has 0 radical (unpaired) electrons. The largest absolute Gasteiger partial charge is 0.444 e. The Morgan fingerprint density at radius 1 is 1.43 bits per heavy atom. The molecule has 0 aliphatic carbocycles. The molecule has 1 amide bonds. The molecular formula is C16H31NO4. The smallest absolute Gasteiger partial charge is 0.412 e. The van der Waals surface area contributed by atoms with Gasteiger partial charge in [0.25, 0.3) is 0 Å². The summed E-state index contributed by atoms with van der Waals surface area (Å²) in [6, 6.07) is -0.0607. The van der Waals surface area contributed by atoms with Crippen molar-refractivity contribution < 1.29 is 19.4 Å². The lowest BCUT2D eigenvalue weighted by molar-refractivity contribution is -0.0635. The van der Waals surface area contributed by atoms with Crippen molar-refractivity contribution in [2.45, 2.75) is 72.3 Å². The number of rotatable bonds is 4. The normalized spacial score (nSPS) is 23.5. The maximum absolute atomic E-state index is 12.5. The van der Waals surface area contributed by atoms with Gasteiger partial charge in [-0.05, 0) is 52.9 Å². The molecule has 1 rings (SSSR count). The third-order valence-electron chi connectivity index (χ3n) is 3.92. The lowest BCUT2D eigenvalue weighted by atomic mass is 9.90. The molecule has 1 heterocycles. The zero-order valence-electron chi connectivity index (χ0n) is 14.5. The van der Waals surface area contributed by atoms with Crippen molar-refractivity contribution in [1.29, 1.82) is 0 Å². The maximum atomic E-state index is 12.5. The Kier molecular flexibility index (Phi) is 5.67. The predicted molar refractivity (Wildman–Crippen MR) is 81.9 cm³/mol. The van der Waals surface area contributed by atoms with Crippen LogP contribution in [0.25, 0.3) is 0 Å². The van der Waals surface area contributed by atoms with E-state index in [9.17, 15) is 9.90 Å². The first kappa shape index (κ1) is 18.2. The molecule has 2 atom stereocenters. The van der Waals surface area contributed by atoms with E-state index >= 15 is 0 Å². The Balaban J connectivity index is 2.86. The Morgan fingerprint density at radius 2 is 2.00 bits per heavy atom. The molecule has 1 N–H and O–H groups in total. The van der Waals surface area contributed by atoms with Gasteiger partial charge >= 0.3 is 6.09 Å². The molecular weight excluding hydrogens is 270 g/mol. The van der Waals surface area contributed by atoms with E-state index in [1.807, 2.05) is 34.6 Å². The molecule has 0 aromatic carbocycles. The molecule has 1 saturated heterocycles. The molecule has 1 aliphatic heterocycles. The number of hydrogen-bond acceptors (Lipinski definition) is 4. The van der Waals surface area contributed by atoms with Crippen LogP contribution >= 0.6 is 0 Å². The van der Waals surface area contributed by atoms with Gasteiger partial charge in [0.05, 0.1) is 12.6 Å². The topological polar surface area (TPSA) is 59.0 Å². The number of nitrogens with zero attached hydrogens (tertiary/aromatic N) is 1. The first-order chi connectivity index (χ1) is 9.48. The number of aliphatic hydroxyl groups excluding tert-OH is 1. The van der Waals surface area contributed by atoms with Gasteiger partial charge in [0.1, 0.15) is 11.3 Å². The van der Waals surface area contributed by atoms with Crippen LogP contribution in [-0.4, -0.2) is 46.7 Å². The van der Waals surface area contributed by atoms with Crippen LogP contribution in [0.5, 0.6) is 0 Å². The van der Waals surface area contributed by atoms with Gasteiger partial charge in [-0.2, -0.15) is 0 Å². The second kappa shape index (κ2) is 6.53. The Morgan fingerprint density at radius 3 is 2.43 bits per heavy atom. The van der Waals surface area contributed by atoms with E-state index in [2.05, 4.69) is 13.8 Å². The highest BCUT2D eigenvalue weighted by Crippen LogP contribution is 2.33. The van der Waals surface area contributed by atoms with Crippen LogP contribution in [0.2, 0.25) is 0 Å². The summed E-state index contributed by atoms with van der Waals surface area (Å²) < 4.78 is 11.3. The fraction of sp³-hybridized carbons (Fsp3) is 0.938. The van der Waals surface area contributed by atoms with Crippen molar-refractivity contribution in [3.05, 3.63) is 0 Å². The van der Waals surface area contributed by atoms with Gasteiger partial charge in [0, 0.05) is 6.61 Å². The number of ether oxygens (including phenoxy) is 2. The summed E-state index contributed by atoms with van der Waals surface area (Å²) in [5, 5.41) is 9.52. The zero-order chi connectivity index (χ0) is 16.4. The summed E-state index contributed by atoms with van der Waals surface area (Å²) in [6.45, 7) is 14.1. The minimum atomic E-state index is -0.677. The van der Waals surface area contributed by atoms with E-state index in [1.54, 1.807) is 4.90 Å². The van der Waals surface area contributed by atoms with Gasteiger partial charge < -0.3 is 14.6 Å². The molecule has 124 valence electrons. The molecule has 5 nitrogen and oxygen atoms in total. The maximum Gasteiger partial charge on any atom is 0.412 e. The monoisotopic (exact) mass is 301 g/mol. The first-order valence-corrected chi connectivity index (χ1v) is 7.75. The van der Waals surface area contributed by atoms with Crippen molar-refractivity contribution in [3.8, 4) is 0 Å². The Hall–Kier alpha value is -0.810. The van der Waals surface area contributed by atoms with E-state index < -0.39 is 11.3 Å². The fourth-order valence-corrected chi connectivity index (χ4v) is 2.64. The Labute approximate surface area is 128 Å².